The lowest BCUT2D eigenvalue weighted by Gasteiger charge is -2.14. The van der Waals surface area contributed by atoms with Crippen molar-refractivity contribution in [1.29, 1.82) is 0 Å². The van der Waals surface area contributed by atoms with Gasteiger partial charge in [-0.05, 0) is 67.9 Å². The van der Waals surface area contributed by atoms with Crippen LogP contribution in [-0.4, -0.2) is 58.1 Å². The third kappa shape index (κ3) is 7.17. The molecule has 0 aliphatic carbocycles. The van der Waals surface area contributed by atoms with E-state index < -0.39 is 12.5 Å². The summed E-state index contributed by atoms with van der Waals surface area (Å²) in [6.45, 7) is 3.63. The fraction of sp³-hybridized carbons (Fsp3) is 0.296. The third-order valence-electron chi connectivity index (χ3n) is 6.15. The van der Waals surface area contributed by atoms with Gasteiger partial charge in [-0.25, -0.2) is 14.8 Å². The summed E-state index contributed by atoms with van der Waals surface area (Å²) >= 11 is 0. The van der Waals surface area contributed by atoms with Crippen LogP contribution < -0.4 is 19.5 Å². The summed E-state index contributed by atoms with van der Waals surface area (Å²) in [6, 6.07) is 14.4. The fourth-order valence-electron chi connectivity index (χ4n) is 4.25. The number of pyridine rings is 1. The predicted octanol–water partition coefficient (Wildman–Crippen LogP) is 5.08. The van der Waals surface area contributed by atoms with Crippen molar-refractivity contribution in [2.24, 2.45) is 0 Å². The quantitative estimate of drug-likeness (QED) is 0.316. The zero-order valence-electron chi connectivity index (χ0n) is 20.9. The summed E-state index contributed by atoms with van der Waals surface area (Å²) in [5.74, 6) is 0.595. The fourth-order valence-corrected chi connectivity index (χ4v) is 4.25. The van der Waals surface area contributed by atoms with Crippen LogP contribution in [0.25, 0.3) is 16.9 Å². The van der Waals surface area contributed by atoms with Gasteiger partial charge in [0.1, 0.15) is 29.9 Å². The summed E-state index contributed by atoms with van der Waals surface area (Å²) in [6.07, 6.45) is 0.239. The number of amides is 1. The van der Waals surface area contributed by atoms with Gasteiger partial charge >= 0.3 is 12.5 Å². The molecule has 9 nitrogen and oxygen atoms in total. The van der Waals surface area contributed by atoms with Gasteiger partial charge in [-0.3, -0.25) is 4.57 Å². The van der Waals surface area contributed by atoms with Gasteiger partial charge in [-0.15, -0.1) is 13.2 Å². The molecule has 204 valence electrons. The standard InChI is InChI=1S/C27H26F3N5O4/c28-27(29,30)39-22-7-3-19(4-8-22)17-37-21-9-5-20(6-10-21)35-18-33-24-15-23(16-32-25(24)35)38-26(36)31-11-14-34-12-1-2-13-34/h3-10,15-16,18H,1-2,11-14,17H2,(H,31,36). The van der Waals surface area contributed by atoms with Crippen molar-refractivity contribution in [3.63, 3.8) is 0 Å². The van der Waals surface area contributed by atoms with Crippen molar-refractivity contribution in [2.75, 3.05) is 26.2 Å². The molecule has 1 amide bonds. The second kappa shape index (κ2) is 11.6. The lowest BCUT2D eigenvalue weighted by molar-refractivity contribution is -0.274. The number of alkyl halides is 3. The first-order valence-corrected chi connectivity index (χ1v) is 12.4. The van der Waals surface area contributed by atoms with Gasteiger partial charge in [0.25, 0.3) is 0 Å². The number of rotatable bonds is 9. The first-order valence-electron chi connectivity index (χ1n) is 12.4. The van der Waals surface area contributed by atoms with Crippen molar-refractivity contribution in [1.82, 2.24) is 24.8 Å². The summed E-state index contributed by atoms with van der Waals surface area (Å²) in [5.41, 5.74) is 2.64. The molecule has 0 radical (unpaired) electrons. The molecule has 0 bridgehead atoms. The molecular weight excluding hydrogens is 515 g/mol. The molecular formula is C27H26F3N5O4. The number of benzene rings is 2. The maximum Gasteiger partial charge on any atom is 0.573 e. The highest BCUT2D eigenvalue weighted by Gasteiger charge is 2.30. The molecule has 2 aromatic heterocycles. The predicted molar refractivity (Wildman–Crippen MR) is 136 cm³/mol. The number of ether oxygens (including phenoxy) is 3. The number of fused-ring (bicyclic) bond motifs is 1. The Morgan fingerprint density at radius 2 is 1.67 bits per heavy atom. The number of imidazole rings is 1. The molecule has 1 N–H and O–H groups in total. The van der Waals surface area contributed by atoms with Crippen molar-refractivity contribution < 1.29 is 32.2 Å². The minimum atomic E-state index is -4.73. The van der Waals surface area contributed by atoms with E-state index in [1.165, 1.54) is 43.3 Å². The number of carbonyl (C=O) groups is 1. The molecule has 0 spiro atoms. The average Bonchev–Trinajstić information content (AvgIpc) is 3.58. The number of likely N-dealkylation sites (tertiary alicyclic amines) is 1. The van der Waals surface area contributed by atoms with Gasteiger partial charge in [0.2, 0.25) is 0 Å². The summed E-state index contributed by atoms with van der Waals surface area (Å²) in [7, 11) is 0. The second-order valence-corrected chi connectivity index (χ2v) is 8.97. The first kappa shape index (κ1) is 26.3. The van der Waals surface area contributed by atoms with Crippen LogP contribution >= 0.6 is 0 Å². The van der Waals surface area contributed by atoms with Crippen LogP contribution in [-0.2, 0) is 6.61 Å². The van der Waals surface area contributed by atoms with Crippen LogP contribution in [0.3, 0.4) is 0 Å². The molecule has 5 rings (SSSR count). The zero-order chi connectivity index (χ0) is 27.2. The van der Waals surface area contributed by atoms with Gasteiger partial charge in [0, 0.05) is 24.8 Å². The molecule has 12 heteroatoms. The Kier molecular flexibility index (Phi) is 7.82. The lowest BCUT2D eigenvalue weighted by atomic mass is 10.2. The van der Waals surface area contributed by atoms with E-state index in [9.17, 15) is 18.0 Å². The number of nitrogens with zero attached hydrogens (tertiary/aromatic N) is 4. The highest BCUT2D eigenvalue weighted by atomic mass is 19.4. The molecule has 0 atom stereocenters. The Morgan fingerprint density at radius 1 is 0.949 bits per heavy atom. The van der Waals surface area contributed by atoms with Crippen LogP contribution in [0.1, 0.15) is 18.4 Å². The smallest absolute Gasteiger partial charge is 0.489 e. The van der Waals surface area contributed by atoms with Crippen LogP contribution in [0, 0.1) is 0 Å². The highest BCUT2D eigenvalue weighted by molar-refractivity contribution is 5.76. The SMILES string of the molecule is O=C(NCCN1CCCC1)Oc1cnc2c(c1)ncn2-c1ccc(OCc2ccc(OC(F)(F)F)cc2)cc1. The van der Waals surface area contributed by atoms with Crippen molar-refractivity contribution in [2.45, 2.75) is 25.8 Å². The van der Waals surface area contributed by atoms with E-state index in [2.05, 4.69) is 24.9 Å². The zero-order valence-corrected chi connectivity index (χ0v) is 20.9. The van der Waals surface area contributed by atoms with Crippen molar-refractivity contribution >= 4 is 17.3 Å². The number of halogens is 3. The topological polar surface area (TPSA) is 90.7 Å². The minimum Gasteiger partial charge on any atom is -0.489 e. The maximum atomic E-state index is 12.3. The largest absolute Gasteiger partial charge is 0.573 e. The molecule has 1 aliphatic rings. The monoisotopic (exact) mass is 541 g/mol. The number of nitrogens with one attached hydrogen (secondary N) is 1. The second-order valence-electron chi connectivity index (χ2n) is 8.97. The molecule has 0 saturated carbocycles. The summed E-state index contributed by atoms with van der Waals surface area (Å²) in [5, 5.41) is 2.76. The Morgan fingerprint density at radius 3 is 2.38 bits per heavy atom. The molecule has 3 heterocycles. The maximum absolute atomic E-state index is 12.3. The number of hydrogen-bond donors (Lipinski definition) is 1. The van der Waals surface area contributed by atoms with E-state index in [0.29, 0.717) is 34.8 Å². The van der Waals surface area contributed by atoms with Crippen LogP contribution in [0.5, 0.6) is 17.2 Å². The van der Waals surface area contributed by atoms with Gasteiger partial charge in [-0.1, -0.05) is 12.1 Å². The van der Waals surface area contributed by atoms with Gasteiger partial charge in [0.05, 0.1) is 6.20 Å². The number of carbonyl (C=O) groups excluding carboxylic acids is 1. The lowest BCUT2D eigenvalue weighted by Crippen LogP contribution is -2.35. The normalized spacial score (nSPS) is 13.9. The minimum absolute atomic E-state index is 0.176. The van der Waals surface area contributed by atoms with E-state index in [1.54, 1.807) is 29.1 Å². The average molecular weight is 542 g/mol. The molecule has 39 heavy (non-hydrogen) atoms. The van der Waals surface area contributed by atoms with Crippen molar-refractivity contribution in [3.8, 4) is 22.9 Å². The third-order valence-corrected chi connectivity index (χ3v) is 6.15. The van der Waals surface area contributed by atoms with Gasteiger partial charge in [0.15, 0.2) is 11.4 Å². The Bertz CT molecular complexity index is 1400. The molecule has 0 unspecified atom stereocenters. The first-order chi connectivity index (χ1) is 18.8. The van der Waals surface area contributed by atoms with E-state index in [0.717, 1.165) is 25.3 Å². The Balaban J connectivity index is 1.15. The Hall–Kier alpha value is -4.32. The van der Waals surface area contributed by atoms with Crippen LogP contribution in [0.15, 0.2) is 67.1 Å². The van der Waals surface area contributed by atoms with E-state index in [-0.39, 0.29) is 12.4 Å². The van der Waals surface area contributed by atoms with Gasteiger partial charge in [-0.2, -0.15) is 0 Å². The van der Waals surface area contributed by atoms with E-state index in [4.69, 9.17) is 9.47 Å². The molecule has 2 aromatic carbocycles. The highest BCUT2D eigenvalue weighted by Crippen LogP contribution is 2.25. The molecule has 1 aliphatic heterocycles. The van der Waals surface area contributed by atoms with Crippen molar-refractivity contribution in [3.05, 3.63) is 72.7 Å². The van der Waals surface area contributed by atoms with Crippen LogP contribution in [0.2, 0.25) is 0 Å². The number of hydrogen-bond acceptors (Lipinski definition) is 7. The van der Waals surface area contributed by atoms with Gasteiger partial charge < -0.3 is 24.4 Å². The number of aromatic nitrogens is 3. The Labute approximate surface area is 222 Å². The molecule has 4 aromatic rings. The summed E-state index contributed by atoms with van der Waals surface area (Å²) in [4.78, 5) is 23.2. The summed E-state index contributed by atoms with van der Waals surface area (Å²) < 4.78 is 53.6. The van der Waals surface area contributed by atoms with E-state index in [1.807, 2.05) is 12.1 Å². The van der Waals surface area contributed by atoms with Crippen LogP contribution in [0.4, 0.5) is 18.0 Å². The molecule has 1 saturated heterocycles. The molecule has 1 fully saturated rings. The van der Waals surface area contributed by atoms with E-state index >= 15 is 0 Å².